The number of aliphatic carboxylic acids is 1. The highest BCUT2D eigenvalue weighted by Crippen LogP contribution is 2.06. The summed E-state index contributed by atoms with van der Waals surface area (Å²) in [5.41, 5.74) is 0.844. The van der Waals surface area contributed by atoms with E-state index < -0.39 is 5.97 Å². The fraction of sp³-hybridized carbons (Fsp3) is 0.333. The molecule has 4 nitrogen and oxygen atoms in total. The summed E-state index contributed by atoms with van der Waals surface area (Å²) in [7, 11) is 0. The van der Waals surface area contributed by atoms with E-state index in [0.717, 1.165) is 5.69 Å². The van der Waals surface area contributed by atoms with Crippen molar-refractivity contribution >= 4 is 11.7 Å². The van der Waals surface area contributed by atoms with Crippen LogP contribution in [0.4, 0.5) is 5.69 Å². The monoisotopic (exact) mass is 180 g/mol. The number of rotatable bonds is 4. The molecule has 0 bridgehead atoms. The second-order valence-electron chi connectivity index (χ2n) is 2.88. The number of nitrogens with one attached hydrogen (secondary N) is 1. The number of carbonyl (C=O) groups is 1. The average molecular weight is 180 g/mol. The van der Waals surface area contributed by atoms with E-state index in [-0.39, 0.29) is 12.5 Å². The third-order valence-electron chi connectivity index (χ3n) is 1.56. The van der Waals surface area contributed by atoms with Gasteiger partial charge in [0.15, 0.2) is 0 Å². The minimum atomic E-state index is -0.802. The minimum absolute atomic E-state index is 0.0818. The van der Waals surface area contributed by atoms with Crippen molar-refractivity contribution in [2.24, 2.45) is 0 Å². The summed E-state index contributed by atoms with van der Waals surface area (Å²) in [6, 6.07) is 3.57. The molecule has 1 rings (SSSR count). The molecule has 0 amide bonds. The highest BCUT2D eigenvalue weighted by molar-refractivity contribution is 5.68. The predicted octanol–water partition coefficient (Wildman–Crippen LogP) is 1.36. The Hall–Kier alpha value is -1.58. The Morgan fingerprint density at radius 1 is 1.77 bits per heavy atom. The van der Waals surface area contributed by atoms with Gasteiger partial charge >= 0.3 is 5.97 Å². The van der Waals surface area contributed by atoms with Crippen LogP contribution in [0.5, 0.6) is 0 Å². The molecule has 4 heteroatoms. The lowest BCUT2D eigenvalue weighted by Crippen LogP contribution is -2.19. The molecule has 0 aliphatic heterocycles. The van der Waals surface area contributed by atoms with Gasteiger partial charge in [-0.1, -0.05) is 0 Å². The summed E-state index contributed by atoms with van der Waals surface area (Å²) in [6.45, 7) is 1.82. The van der Waals surface area contributed by atoms with E-state index in [2.05, 4.69) is 10.3 Å². The molecule has 1 atom stereocenters. The van der Waals surface area contributed by atoms with Gasteiger partial charge in [0.1, 0.15) is 0 Å². The number of pyridine rings is 1. The number of hydrogen-bond acceptors (Lipinski definition) is 3. The number of aromatic nitrogens is 1. The van der Waals surface area contributed by atoms with E-state index in [9.17, 15) is 4.79 Å². The zero-order valence-electron chi connectivity index (χ0n) is 7.40. The van der Waals surface area contributed by atoms with Crippen molar-refractivity contribution in [3.8, 4) is 0 Å². The SMILES string of the molecule is C[C@H](CC(=O)O)Nc1cccnc1. The van der Waals surface area contributed by atoms with Crippen LogP contribution in [0.15, 0.2) is 24.5 Å². The minimum Gasteiger partial charge on any atom is -0.481 e. The smallest absolute Gasteiger partial charge is 0.305 e. The molecule has 0 aromatic carbocycles. The van der Waals surface area contributed by atoms with E-state index in [1.54, 1.807) is 18.5 Å². The van der Waals surface area contributed by atoms with Crippen LogP contribution in [0, 0.1) is 0 Å². The molecule has 2 N–H and O–H groups in total. The highest BCUT2D eigenvalue weighted by Gasteiger charge is 2.06. The molecular formula is C9H12N2O2. The summed E-state index contributed by atoms with van der Waals surface area (Å²) in [6.07, 6.45) is 3.44. The molecular weight excluding hydrogens is 168 g/mol. The molecule has 0 unspecified atom stereocenters. The summed E-state index contributed by atoms with van der Waals surface area (Å²) >= 11 is 0. The van der Waals surface area contributed by atoms with Gasteiger partial charge in [-0.05, 0) is 19.1 Å². The van der Waals surface area contributed by atoms with E-state index >= 15 is 0 Å². The highest BCUT2D eigenvalue weighted by atomic mass is 16.4. The molecule has 0 saturated heterocycles. The molecule has 1 heterocycles. The molecule has 0 spiro atoms. The van der Waals surface area contributed by atoms with Gasteiger partial charge in [0.25, 0.3) is 0 Å². The first-order valence-electron chi connectivity index (χ1n) is 4.07. The van der Waals surface area contributed by atoms with Crippen LogP contribution in [0.2, 0.25) is 0 Å². The normalized spacial score (nSPS) is 12.1. The van der Waals surface area contributed by atoms with Gasteiger partial charge in [-0.25, -0.2) is 0 Å². The Morgan fingerprint density at radius 3 is 3.08 bits per heavy atom. The zero-order chi connectivity index (χ0) is 9.68. The van der Waals surface area contributed by atoms with Crippen molar-refractivity contribution in [1.82, 2.24) is 4.98 Å². The van der Waals surface area contributed by atoms with Crippen molar-refractivity contribution < 1.29 is 9.90 Å². The van der Waals surface area contributed by atoms with Crippen LogP contribution >= 0.6 is 0 Å². The van der Waals surface area contributed by atoms with Crippen LogP contribution in [0.3, 0.4) is 0 Å². The summed E-state index contributed by atoms with van der Waals surface area (Å²) in [4.78, 5) is 14.3. The summed E-state index contributed by atoms with van der Waals surface area (Å²) in [5.74, 6) is -0.802. The molecule has 0 radical (unpaired) electrons. The van der Waals surface area contributed by atoms with Crippen molar-refractivity contribution in [3.63, 3.8) is 0 Å². The third kappa shape index (κ3) is 3.55. The van der Waals surface area contributed by atoms with Gasteiger partial charge in [-0.2, -0.15) is 0 Å². The van der Waals surface area contributed by atoms with Crippen molar-refractivity contribution in [2.45, 2.75) is 19.4 Å². The van der Waals surface area contributed by atoms with E-state index in [1.807, 2.05) is 13.0 Å². The summed E-state index contributed by atoms with van der Waals surface area (Å²) in [5, 5.41) is 11.5. The molecule has 1 aromatic heterocycles. The first kappa shape index (κ1) is 9.51. The van der Waals surface area contributed by atoms with Crippen molar-refractivity contribution in [2.75, 3.05) is 5.32 Å². The van der Waals surface area contributed by atoms with Gasteiger partial charge in [-0.15, -0.1) is 0 Å². The van der Waals surface area contributed by atoms with Crippen LogP contribution in [0.25, 0.3) is 0 Å². The fourth-order valence-electron chi connectivity index (χ4n) is 1.05. The second kappa shape index (κ2) is 4.45. The quantitative estimate of drug-likeness (QED) is 0.734. The maximum absolute atomic E-state index is 10.3. The number of nitrogens with zero attached hydrogens (tertiary/aromatic N) is 1. The summed E-state index contributed by atoms with van der Waals surface area (Å²) < 4.78 is 0. The zero-order valence-corrected chi connectivity index (χ0v) is 7.40. The van der Waals surface area contributed by atoms with Gasteiger partial charge in [0.2, 0.25) is 0 Å². The number of hydrogen-bond donors (Lipinski definition) is 2. The van der Waals surface area contributed by atoms with Gasteiger partial charge < -0.3 is 10.4 Å². The maximum Gasteiger partial charge on any atom is 0.305 e. The van der Waals surface area contributed by atoms with Crippen LogP contribution in [-0.4, -0.2) is 22.1 Å². The standard InChI is InChI=1S/C9H12N2O2/c1-7(5-9(12)13)11-8-3-2-4-10-6-8/h2-4,6-7,11H,5H2,1H3,(H,12,13)/t7-/m1/s1. The lowest BCUT2D eigenvalue weighted by molar-refractivity contribution is -0.137. The number of carboxylic acid groups (broad SMARTS) is 1. The van der Waals surface area contributed by atoms with Crippen LogP contribution < -0.4 is 5.32 Å². The van der Waals surface area contributed by atoms with Gasteiger partial charge in [0, 0.05) is 18.4 Å². The number of anilines is 1. The van der Waals surface area contributed by atoms with Gasteiger partial charge in [0.05, 0.1) is 12.1 Å². The molecule has 0 aliphatic carbocycles. The average Bonchev–Trinajstić information content (AvgIpc) is 2.04. The van der Waals surface area contributed by atoms with Crippen LogP contribution in [0.1, 0.15) is 13.3 Å². The van der Waals surface area contributed by atoms with E-state index in [1.165, 1.54) is 0 Å². The molecule has 1 aromatic rings. The maximum atomic E-state index is 10.3. The predicted molar refractivity (Wildman–Crippen MR) is 49.6 cm³/mol. The van der Waals surface area contributed by atoms with E-state index in [0.29, 0.717) is 0 Å². The largest absolute Gasteiger partial charge is 0.481 e. The third-order valence-corrected chi connectivity index (χ3v) is 1.56. The molecule has 0 saturated carbocycles. The molecule has 0 fully saturated rings. The lowest BCUT2D eigenvalue weighted by Gasteiger charge is -2.11. The first-order chi connectivity index (χ1) is 6.18. The molecule has 13 heavy (non-hydrogen) atoms. The van der Waals surface area contributed by atoms with Gasteiger partial charge in [-0.3, -0.25) is 9.78 Å². The number of carboxylic acids is 1. The van der Waals surface area contributed by atoms with E-state index in [4.69, 9.17) is 5.11 Å². The fourth-order valence-corrected chi connectivity index (χ4v) is 1.05. The second-order valence-corrected chi connectivity index (χ2v) is 2.88. The Labute approximate surface area is 76.6 Å². The van der Waals surface area contributed by atoms with Crippen molar-refractivity contribution in [3.05, 3.63) is 24.5 Å². The lowest BCUT2D eigenvalue weighted by atomic mass is 10.2. The molecule has 0 aliphatic rings. The molecule has 70 valence electrons. The Bertz CT molecular complexity index is 274. The Balaban J connectivity index is 2.45. The Kier molecular flexibility index (Phi) is 3.25. The van der Waals surface area contributed by atoms with Crippen LogP contribution in [-0.2, 0) is 4.79 Å². The Morgan fingerprint density at radius 2 is 2.54 bits per heavy atom. The van der Waals surface area contributed by atoms with Crippen molar-refractivity contribution in [1.29, 1.82) is 0 Å². The topological polar surface area (TPSA) is 62.2 Å². The first-order valence-corrected chi connectivity index (χ1v) is 4.07.